The summed E-state index contributed by atoms with van der Waals surface area (Å²) in [6, 6.07) is 10.6. The Balaban J connectivity index is 0.00000225. The third-order valence-corrected chi connectivity index (χ3v) is 6.36. The van der Waals surface area contributed by atoms with Crippen LogP contribution in [0.5, 0.6) is 0 Å². The molecule has 5 nitrogen and oxygen atoms in total. The average Bonchev–Trinajstić information content (AvgIpc) is 2.74. The summed E-state index contributed by atoms with van der Waals surface area (Å²) in [7, 11) is 0. The van der Waals surface area contributed by atoms with Crippen molar-refractivity contribution in [2.45, 2.75) is 45.7 Å². The quantitative estimate of drug-likeness (QED) is 0.644. The van der Waals surface area contributed by atoms with Crippen molar-refractivity contribution in [1.82, 2.24) is 15.1 Å². The largest absolute Gasteiger partial charge is 0.379 e. The zero-order valence-electron chi connectivity index (χ0n) is 18.4. The fraction of sp³-hybridized carbons (Fsp3) is 0.696. The molecule has 3 rings (SSSR count). The minimum atomic E-state index is 0. The van der Waals surface area contributed by atoms with Gasteiger partial charge in [0.2, 0.25) is 5.91 Å². The van der Waals surface area contributed by atoms with Gasteiger partial charge in [-0.25, -0.2) is 0 Å². The molecule has 1 aromatic carbocycles. The Morgan fingerprint density at radius 3 is 2.40 bits per heavy atom. The zero-order chi connectivity index (χ0) is 19.8. The molecule has 2 saturated heterocycles. The average molecular weight is 460 g/mol. The van der Waals surface area contributed by atoms with Crippen molar-refractivity contribution in [3.8, 4) is 0 Å². The molecule has 2 aliphatic rings. The number of piperidine rings is 1. The summed E-state index contributed by atoms with van der Waals surface area (Å²) in [5, 5.41) is 3.43. The van der Waals surface area contributed by atoms with Crippen LogP contribution in [0.2, 0.25) is 0 Å². The van der Waals surface area contributed by atoms with E-state index in [1.54, 1.807) is 0 Å². The van der Waals surface area contributed by atoms with E-state index < -0.39 is 0 Å². The van der Waals surface area contributed by atoms with E-state index in [4.69, 9.17) is 4.74 Å². The van der Waals surface area contributed by atoms with Gasteiger partial charge in [0.05, 0.1) is 13.2 Å². The first kappa shape index (κ1) is 27.2. The number of nitrogens with one attached hydrogen (secondary N) is 1. The molecule has 0 radical (unpaired) electrons. The summed E-state index contributed by atoms with van der Waals surface area (Å²) in [5.41, 5.74) is 1.21. The monoisotopic (exact) mass is 459 g/mol. The van der Waals surface area contributed by atoms with Crippen LogP contribution in [-0.2, 0) is 16.1 Å². The number of amides is 1. The number of ether oxygens (including phenoxy) is 1. The third-order valence-electron chi connectivity index (χ3n) is 6.36. The molecule has 172 valence electrons. The SMILES string of the molecule is CC(CC(=O)N(Cc1ccccc1)C(C)CN1CCOCC1)C1CCNCC1.Cl.Cl. The molecule has 2 aliphatic heterocycles. The van der Waals surface area contributed by atoms with Crippen LogP contribution in [0.25, 0.3) is 0 Å². The number of rotatable bonds is 8. The van der Waals surface area contributed by atoms with Crippen LogP contribution in [0.3, 0.4) is 0 Å². The van der Waals surface area contributed by atoms with Gasteiger partial charge in [-0.05, 0) is 50.3 Å². The van der Waals surface area contributed by atoms with Crippen molar-refractivity contribution in [3.05, 3.63) is 35.9 Å². The molecular formula is C23H39Cl2N3O2. The van der Waals surface area contributed by atoms with Crippen molar-refractivity contribution in [2.24, 2.45) is 11.8 Å². The maximum absolute atomic E-state index is 13.4. The molecule has 0 aliphatic carbocycles. The van der Waals surface area contributed by atoms with E-state index in [0.717, 1.165) is 45.9 Å². The molecule has 0 aromatic heterocycles. The van der Waals surface area contributed by atoms with Crippen LogP contribution in [0, 0.1) is 11.8 Å². The van der Waals surface area contributed by atoms with Gasteiger partial charge in [0.1, 0.15) is 0 Å². The minimum absolute atomic E-state index is 0. The van der Waals surface area contributed by atoms with Crippen molar-refractivity contribution in [3.63, 3.8) is 0 Å². The van der Waals surface area contributed by atoms with Crippen molar-refractivity contribution < 1.29 is 9.53 Å². The lowest BCUT2D eigenvalue weighted by molar-refractivity contribution is -0.136. The summed E-state index contributed by atoms with van der Waals surface area (Å²) >= 11 is 0. The molecule has 1 N–H and O–H groups in total. The van der Waals surface area contributed by atoms with Gasteiger partial charge >= 0.3 is 0 Å². The number of hydrogen-bond donors (Lipinski definition) is 1. The Kier molecular flexibility index (Phi) is 12.9. The molecule has 0 saturated carbocycles. The highest BCUT2D eigenvalue weighted by Crippen LogP contribution is 2.26. The van der Waals surface area contributed by atoms with E-state index in [1.807, 2.05) is 6.07 Å². The highest BCUT2D eigenvalue weighted by Gasteiger charge is 2.27. The topological polar surface area (TPSA) is 44.8 Å². The first-order valence-electron chi connectivity index (χ1n) is 11.0. The summed E-state index contributed by atoms with van der Waals surface area (Å²) in [5.74, 6) is 1.41. The fourth-order valence-corrected chi connectivity index (χ4v) is 4.50. The summed E-state index contributed by atoms with van der Waals surface area (Å²) in [6.45, 7) is 11.8. The van der Waals surface area contributed by atoms with Gasteiger partial charge in [-0.3, -0.25) is 9.69 Å². The standard InChI is InChI=1S/C23H37N3O2.2ClH/c1-19(22-8-10-24-11-9-22)16-23(27)26(18-21-6-4-3-5-7-21)20(2)17-25-12-14-28-15-13-25;;/h3-7,19-20,22,24H,8-18H2,1-2H3;2*1H. The van der Waals surface area contributed by atoms with E-state index in [2.05, 4.69) is 53.2 Å². The summed E-state index contributed by atoms with van der Waals surface area (Å²) in [4.78, 5) is 17.9. The zero-order valence-corrected chi connectivity index (χ0v) is 20.1. The van der Waals surface area contributed by atoms with E-state index in [9.17, 15) is 4.79 Å². The van der Waals surface area contributed by atoms with Crippen LogP contribution in [-0.4, -0.2) is 67.7 Å². The lowest BCUT2D eigenvalue weighted by atomic mass is 9.84. The van der Waals surface area contributed by atoms with Gasteiger partial charge in [-0.2, -0.15) is 0 Å². The van der Waals surface area contributed by atoms with Crippen molar-refractivity contribution >= 4 is 30.7 Å². The van der Waals surface area contributed by atoms with Gasteiger partial charge in [0.25, 0.3) is 0 Å². The molecule has 1 aromatic rings. The first-order valence-corrected chi connectivity index (χ1v) is 11.0. The number of benzene rings is 1. The molecule has 30 heavy (non-hydrogen) atoms. The number of halogens is 2. The molecule has 7 heteroatoms. The predicted molar refractivity (Wildman–Crippen MR) is 128 cm³/mol. The van der Waals surface area contributed by atoms with Gasteiger partial charge in [0, 0.05) is 38.6 Å². The third kappa shape index (κ3) is 8.35. The lowest BCUT2D eigenvalue weighted by Crippen LogP contribution is -2.48. The predicted octanol–water partition coefficient (Wildman–Crippen LogP) is 3.61. The second-order valence-electron chi connectivity index (χ2n) is 8.54. The molecule has 2 fully saturated rings. The van der Waals surface area contributed by atoms with Gasteiger partial charge in [-0.15, -0.1) is 24.8 Å². The van der Waals surface area contributed by atoms with Crippen molar-refractivity contribution in [2.75, 3.05) is 45.9 Å². The Labute approximate surface area is 194 Å². The van der Waals surface area contributed by atoms with Crippen LogP contribution >= 0.6 is 24.8 Å². The Morgan fingerprint density at radius 1 is 1.13 bits per heavy atom. The minimum Gasteiger partial charge on any atom is -0.379 e. The first-order chi connectivity index (χ1) is 13.6. The number of carbonyl (C=O) groups excluding carboxylic acids is 1. The number of morpholine rings is 1. The van der Waals surface area contributed by atoms with E-state index in [1.165, 1.54) is 18.4 Å². The lowest BCUT2D eigenvalue weighted by Gasteiger charge is -2.36. The number of nitrogens with zero attached hydrogens (tertiary/aromatic N) is 2. The van der Waals surface area contributed by atoms with Crippen LogP contribution < -0.4 is 5.32 Å². The Morgan fingerprint density at radius 2 is 1.77 bits per heavy atom. The van der Waals surface area contributed by atoms with E-state index in [-0.39, 0.29) is 30.9 Å². The Bertz CT molecular complexity index is 593. The molecule has 2 unspecified atom stereocenters. The molecule has 0 spiro atoms. The van der Waals surface area contributed by atoms with E-state index in [0.29, 0.717) is 30.7 Å². The van der Waals surface area contributed by atoms with Gasteiger partial charge in [0.15, 0.2) is 0 Å². The van der Waals surface area contributed by atoms with Gasteiger partial charge in [-0.1, -0.05) is 37.3 Å². The maximum atomic E-state index is 13.4. The summed E-state index contributed by atoms with van der Waals surface area (Å²) in [6.07, 6.45) is 3.04. The van der Waals surface area contributed by atoms with Crippen LogP contribution in [0.15, 0.2) is 30.3 Å². The summed E-state index contributed by atoms with van der Waals surface area (Å²) < 4.78 is 5.48. The van der Waals surface area contributed by atoms with Crippen LogP contribution in [0.4, 0.5) is 0 Å². The smallest absolute Gasteiger partial charge is 0.223 e. The molecule has 2 atom stereocenters. The van der Waals surface area contributed by atoms with Crippen LogP contribution in [0.1, 0.15) is 38.7 Å². The van der Waals surface area contributed by atoms with Crippen molar-refractivity contribution in [1.29, 1.82) is 0 Å². The second kappa shape index (κ2) is 14.3. The fourth-order valence-electron chi connectivity index (χ4n) is 4.50. The normalized spacial score (nSPS) is 19.8. The second-order valence-corrected chi connectivity index (χ2v) is 8.54. The number of carbonyl (C=O) groups is 1. The highest BCUT2D eigenvalue weighted by molar-refractivity contribution is 5.85. The highest BCUT2D eigenvalue weighted by atomic mass is 35.5. The number of hydrogen-bond acceptors (Lipinski definition) is 4. The molecule has 2 heterocycles. The Hall–Kier alpha value is -0.850. The van der Waals surface area contributed by atoms with E-state index >= 15 is 0 Å². The maximum Gasteiger partial charge on any atom is 0.223 e. The molecule has 0 bridgehead atoms. The van der Waals surface area contributed by atoms with Gasteiger partial charge < -0.3 is 15.0 Å². The molecular weight excluding hydrogens is 421 g/mol. The molecule has 1 amide bonds.